The van der Waals surface area contributed by atoms with Crippen LogP contribution in [-0.2, 0) is 0 Å². The third-order valence-electron chi connectivity index (χ3n) is 9.00. The molecule has 3 saturated carbocycles. The summed E-state index contributed by atoms with van der Waals surface area (Å²) in [6.07, 6.45) is 2.42. The number of nitrogens with one attached hydrogen (secondary N) is 2. The van der Waals surface area contributed by atoms with Crippen LogP contribution in [-0.4, -0.2) is 74.9 Å². The third-order valence-corrected chi connectivity index (χ3v) is 9.00. The van der Waals surface area contributed by atoms with Crippen molar-refractivity contribution in [2.75, 3.05) is 38.0 Å². The summed E-state index contributed by atoms with van der Waals surface area (Å²) in [5.41, 5.74) is -0.337. The topological polar surface area (TPSA) is 90.0 Å². The Morgan fingerprint density at radius 3 is 2.44 bits per heavy atom. The Balaban J connectivity index is 0.851. The van der Waals surface area contributed by atoms with E-state index in [9.17, 15) is 18.0 Å². The second-order valence-electron chi connectivity index (χ2n) is 11.8. The number of rotatable bonds is 6. The fourth-order valence-corrected chi connectivity index (χ4v) is 6.10. The highest BCUT2D eigenvalue weighted by Gasteiger charge is 2.63. The van der Waals surface area contributed by atoms with Gasteiger partial charge in [0.1, 0.15) is 11.6 Å². The van der Waals surface area contributed by atoms with Crippen LogP contribution in [0.15, 0.2) is 18.3 Å². The molecule has 0 atom stereocenters. The minimum absolute atomic E-state index is 0.0994. The van der Waals surface area contributed by atoms with Gasteiger partial charge in [-0.05, 0) is 50.2 Å². The van der Waals surface area contributed by atoms with Crippen molar-refractivity contribution in [3.05, 3.63) is 35.5 Å². The summed E-state index contributed by atoms with van der Waals surface area (Å²) in [5.74, 6) is 3.65. The highest BCUT2D eigenvalue weighted by atomic mass is 19.4. The Bertz CT molecular complexity index is 1150. The van der Waals surface area contributed by atoms with Crippen LogP contribution in [0.1, 0.15) is 73.5 Å². The minimum Gasteiger partial charge on any atom is -0.369 e. The molecule has 2 N–H and O–H groups in total. The number of carbonyl (C=O) groups excluding carboxylic acids is 1. The van der Waals surface area contributed by atoms with Crippen LogP contribution in [0.3, 0.4) is 0 Å². The molecule has 2 amide bonds. The van der Waals surface area contributed by atoms with Gasteiger partial charge in [-0.3, -0.25) is 5.10 Å². The van der Waals surface area contributed by atoms with Crippen molar-refractivity contribution in [2.45, 2.75) is 62.5 Å². The summed E-state index contributed by atoms with van der Waals surface area (Å²) in [4.78, 5) is 25.7. The molecule has 0 aromatic carbocycles. The SMILES string of the molecule is O=C(N1CC(c2ccc(NCC3(C(F)(F)F)CC3)nc2)C1)N1CC2(CC(c3n[nH]c(C4CC4)n3)C2)C1. The number of carbonyl (C=O) groups is 1. The van der Waals surface area contributed by atoms with Crippen LogP contribution in [0.25, 0.3) is 0 Å². The fraction of sp³-hybridized carbons (Fsp3) is 0.680. The molecule has 0 bridgehead atoms. The average Bonchev–Trinajstić information content (AvgIpc) is 3.68. The number of amides is 2. The van der Waals surface area contributed by atoms with E-state index in [0.717, 1.165) is 43.1 Å². The Morgan fingerprint density at radius 1 is 1.08 bits per heavy atom. The van der Waals surface area contributed by atoms with Gasteiger partial charge in [0.05, 0.1) is 5.41 Å². The van der Waals surface area contributed by atoms with E-state index in [0.29, 0.717) is 30.7 Å². The number of aromatic nitrogens is 4. The van der Waals surface area contributed by atoms with E-state index in [4.69, 9.17) is 0 Å². The van der Waals surface area contributed by atoms with Gasteiger partial charge in [0.2, 0.25) is 0 Å². The first-order valence-corrected chi connectivity index (χ1v) is 13.0. The Kier molecular flexibility index (Phi) is 4.71. The number of aromatic amines is 1. The summed E-state index contributed by atoms with van der Waals surface area (Å²) in [6, 6.07) is 3.74. The first kappa shape index (κ1) is 22.4. The first-order chi connectivity index (χ1) is 17.2. The van der Waals surface area contributed by atoms with Crippen LogP contribution >= 0.6 is 0 Å². The number of nitrogens with zero attached hydrogens (tertiary/aromatic N) is 5. The lowest BCUT2D eigenvalue weighted by molar-refractivity contribution is -0.182. The van der Waals surface area contributed by atoms with Gasteiger partial charge in [0.15, 0.2) is 5.82 Å². The Hall–Kier alpha value is -2.85. The van der Waals surface area contributed by atoms with Crippen molar-refractivity contribution < 1.29 is 18.0 Å². The predicted octanol–water partition coefficient (Wildman–Crippen LogP) is 4.23. The lowest BCUT2D eigenvalue weighted by Gasteiger charge is -2.59. The zero-order valence-electron chi connectivity index (χ0n) is 20.0. The van der Waals surface area contributed by atoms with Gasteiger partial charge in [-0.25, -0.2) is 14.8 Å². The van der Waals surface area contributed by atoms with E-state index in [1.54, 1.807) is 12.3 Å². The smallest absolute Gasteiger partial charge is 0.369 e. The monoisotopic (exact) mass is 501 g/mol. The molecule has 2 aromatic rings. The fourth-order valence-electron chi connectivity index (χ4n) is 6.10. The molecular weight excluding hydrogens is 471 g/mol. The highest BCUT2D eigenvalue weighted by molar-refractivity contribution is 5.77. The van der Waals surface area contributed by atoms with Crippen molar-refractivity contribution in [1.82, 2.24) is 30.0 Å². The van der Waals surface area contributed by atoms with Crippen LogP contribution < -0.4 is 5.32 Å². The van der Waals surface area contributed by atoms with Crippen LogP contribution in [0.2, 0.25) is 0 Å². The molecule has 7 rings (SSSR count). The van der Waals surface area contributed by atoms with Gasteiger partial charge in [0, 0.05) is 62.1 Å². The molecule has 8 nitrogen and oxygen atoms in total. The summed E-state index contributed by atoms with van der Waals surface area (Å²) in [5, 5.41) is 10.4. The van der Waals surface area contributed by atoms with Crippen LogP contribution in [0.5, 0.6) is 0 Å². The number of hydrogen-bond acceptors (Lipinski definition) is 5. The quantitative estimate of drug-likeness (QED) is 0.618. The number of halogens is 3. The molecule has 3 aliphatic carbocycles. The van der Waals surface area contributed by atoms with E-state index >= 15 is 0 Å². The number of likely N-dealkylation sites (tertiary alicyclic amines) is 2. The van der Waals surface area contributed by atoms with Crippen LogP contribution in [0, 0.1) is 10.8 Å². The largest absolute Gasteiger partial charge is 0.396 e. The van der Waals surface area contributed by atoms with E-state index in [1.807, 2.05) is 15.9 Å². The summed E-state index contributed by atoms with van der Waals surface area (Å²) in [7, 11) is 0. The van der Waals surface area contributed by atoms with E-state index in [1.165, 1.54) is 12.8 Å². The molecule has 5 aliphatic rings. The molecule has 11 heteroatoms. The molecule has 36 heavy (non-hydrogen) atoms. The maximum atomic E-state index is 13.1. The molecule has 2 saturated heterocycles. The Labute approximate surface area is 207 Å². The summed E-state index contributed by atoms with van der Waals surface area (Å²) in [6.45, 7) is 2.79. The van der Waals surface area contributed by atoms with Gasteiger partial charge >= 0.3 is 12.2 Å². The van der Waals surface area contributed by atoms with Crippen molar-refractivity contribution >= 4 is 11.8 Å². The first-order valence-electron chi connectivity index (χ1n) is 13.0. The number of urea groups is 1. The van der Waals surface area contributed by atoms with Gasteiger partial charge in [-0.15, -0.1) is 0 Å². The summed E-state index contributed by atoms with van der Waals surface area (Å²) < 4.78 is 39.3. The van der Waals surface area contributed by atoms with Crippen molar-refractivity contribution in [1.29, 1.82) is 0 Å². The van der Waals surface area contributed by atoms with Gasteiger partial charge in [-0.1, -0.05) is 6.07 Å². The molecule has 0 radical (unpaired) electrons. The number of hydrogen-bond donors (Lipinski definition) is 2. The van der Waals surface area contributed by atoms with E-state index in [2.05, 4.69) is 25.5 Å². The third kappa shape index (κ3) is 3.73. The number of pyridine rings is 1. The van der Waals surface area contributed by atoms with Crippen molar-refractivity contribution in [2.24, 2.45) is 10.8 Å². The van der Waals surface area contributed by atoms with Crippen molar-refractivity contribution in [3.8, 4) is 0 Å². The second kappa shape index (κ2) is 7.58. The normalized spacial score (nSPS) is 24.8. The summed E-state index contributed by atoms with van der Waals surface area (Å²) >= 11 is 0. The van der Waals surface area contributed by atoms with Crippen molar-refractivity contribution in [3.63, 3.8) is 0 Å². The number of H-pyrrole nitrogens is 1. The maximum Gasteiger partial charge on any atom is 0.396 e. The predicted molar refractivity (Wildman–Crippen MR) is 124 cm³/mol. The maximum absolute atomic E-state index is 13.1. The van der Waals surface area contributed by atoms with E-state index < -0.39 is 11.6 Å². The second-order valence-corrected chi connectivity index (χ2v) is 11.8. The molecule has 192 valence electrons. The lowest BCUT2D eigenvalue weighted by atomic mass is 9.57. The number of anilines is 1. The molecule has 2 aromatic heterocycles. The standard InChI is InChI=1S/C25H30F3N7O/c26-25(27,28)24(5-6-24)12-30-19-4-3-16(9-29-19)18-10-34(11-18)22(36)35-13-23(14-35)7-17(8-23)21-31-20(32-33-21)15-1-2-15/h3-4,9,15,17-18H,1-2,5-8,10-14H2,(H,29,30)(H,31,32,33). The van der Waals surface area contributed by atoms with Gasteiger partial charge in [-0.2, -0.15) is 18.3 Å². The average molecular weight is 502 g/mol. The molecule has 1 spiro atoms. The van der Waals surface area contributed by atoms with Gasteiger partial charge in [0.25, 0.3) is 0 Å². The molecular formula is C25H30F3N7O. The molecule has 2 aliphatic heterocycles. The molecule has 0 unspecified atom stereocenters. The number of alkyl halides is 3. The Morgan fingerprint density at radius 2 is 1.83 bits per heavy atom. The van der Waals surface area contributed by atoms with Gasteiger partial charge < -0.3 is 15.1 Å². The zero-order valence-corrected chi connectivity index (χ0v) is 20.0. The molecule has 5 fully saturated rings. The van der Waals surface area contributed by atoms with Crippen LogP contribution in [0.4, 0.5) is 23.8 Å². The highest BCUT2D eigenvalue weighted by Crippen LogP contribution is 2.57. The minimum atomic E-state index is -4.17. The lowest BCUT2D eigenvalue weighted by Crippen LogP contribution is -2.67. The zero-order chi connectivity index (χ0) is 24.7. The molecule has 4 heterocycles. The van der Waals surface area contributed by atoms with E-state index in [-0.39, 0.29) is 36.8 Å².